The van der Waals surface area contributed by atoms with Gasteiger partial charge in [0.15, 0.2) is 0 Å². The van der Waals surface area contributed by atoms with Gasteiger partial charge in [0.1, 0.15) is 25.6 Å². The zero-order valence-electron chi connectivity index (χ0n) is 31.7. The molecule has 298 valence electrons. The molecule has 0 saturated heterocycles. The van der Waals surface area contributed by atoms with Crippen molar-refractivity contribution in [3.63, 3.8) is 0 Å². The van der Waals surface area contributed by atoms with E-state index >= 15 is 0 Å². The van der Waals surface area contributed by atoms with Crippen LogP contribution in [0.25, 0.3) is 0 Å². The summed E-state index contributed by atoms with van der Waals surface area (Å²) in [5.74, 6) is -1.05. The summed E-state index contributed by atoms with van der Waals surface area (Å²) in [6.45, 7) is 6.71. The van der Waals surface area contributed by atoms with Crippen LogP contribution in [0.1, 0.15) is 100 Å². The molecule has 2 bridgehead atoms. The molecule has 1 saturated carbocycles. The van der Waals surface area contributed by atoms with Crippen molar-refractivity contribution in [3.05, 3.63) is 58.1 Å². The van der Waals surface area contributed by atoms with Gasteiger partial charge in [0.05, 0.1) is 36.4 Å². The van der Waals surface area contributed by atoms with Gasteiger partial charge in [-0.25, -0.2) is 22.7 Å². The molecule has 2 heterocycles. The highest BCUT2D eigenvalue weighted by atomic mass is 35.5. The summed E-state index contributed by atoms with van der Waals surface area (Å²) in [7, 11) is -4.02. The Kier molecular flexibility index (Phi) is 15.1. The number of rotatable bonds is 10. The minimum Gasteiger partial charge on any atom is -0.487 e. The van der Waals surface area contributed by atoms with Crippen LogP contribution >= 0.6 is 11.6 Å². The molecule has 1 amide bonds. The molecular formula is C40H55ClN2O10S. The number of sulfonamides is 1. The molecule has 3 aliphatic rings. The van der Waals surface area contributed by atoms with Crippen molar-refractivity contribution >= 4 is 45.2 Å². The van der Waals surface area contributed by atoms with Gasteiger partial charge in [0, 0.05) is 23.7 Å². The van der Waals surface area contributed by atoms with Crippen molar-refractivity contribution in [2.75, 3.05) is 51.0 Å². The normalized spacial score (nSPS) is 24.6. The molecule has 0 aromatic heterocycles. The number of hydrogen-bond donors (Lipinski definition) is 1. The molecule has 12 nitrogen and oxygen atoms in total. The minimum atomic E-state index is -4.02. The van der Waals surface area contributed by atoms with Crippen molar-refractivity contribution < 1.29 is 46.5 Å². The molecule has 5 rings (SSSR count). The molecule has 2 aromatic rings. The van der Waals surface area contributed by atoms with Crippen LogP contribution in [0.2, 0.25) is 5.02 Å². The van der Waals surface area contributed by atoms with Gasteiger partial charge in [-0.05, 0) is 119 Å². The number of esters is 2. The van der Waals surface area contributed by atoms with Gasteiger partial charge in [-0.1, -0.05) is 37.4 Å². The Labute approximate surface area is 324 Å². The largest absolute Gasteiger partial charge is 0.487 e. The number of carbonyl (C=O) groups is 3. The second-order valence-electron chi connectivity index (χ2n) is 14.4. The van der Waals surface area contributed by atoms with E-state index in [9.17, 15) is 22.8 Å². The zero-order valence-corrected chi connectivity index (χ0v) is 33.3. The van der Waals surface area contributed by atoms with Gasteiger partial charge in [-0.15, -0.1) is 0 Å². The lowest BCUT2D eigenvalue weighted by atomic mass is 9.63. The summed E-state index contributed by atoms with van der Waals surface area (Å²) in [6.07, 6.45) is 6.44. The van der Waals surface area contributed by atoms with Gasteiger partial charge >= 0.3 is 11.9 Å². The molecule has 0 unspecified atom stereocenters. The van der Waals surface area contributed by atoms with E-state index in [4.69, 9.17) is 35.3 Å². The third kappa shape index (κ3) is 10.7. The summed E-state index contributed by atoms with van der Waals surface area (Å²) in [5, 5.41) is -0.129. The lowest BCUT2D eigenvalue weighted by Gasteiger charge is -2.51. The van der Waals surface area contributed by atoms with E-state index in [1.165, 1.54) is 0 Å². The number of nitrogens with one attached hydrogen (secondary N) is 1. The zero-order chi connectivity index (χ0) is 38.7. The number of halogens is 1. The van der Waals surface area contributed by atoms with Crippen molar-refractivity contribution in [3.8, 4) is 5.75 Å². The SMILES string of the molecule is CCOC(=O)COC[C@]1(OCC(=O)OCC)CCCC[C@@H](CC)S(=O)(=O)NC(=O)c2ccc3c(c2)N(CCCCc2cc(Cl)ccc2CO3)C[C@@H]2CC[C@H]21. The van der Waals surface area contributed by atoms with E-state index in [1.54, 1.807) is 39.0 Å². The fourth-order valence-corrected chi connectivity index (χ4v) is 9.64. The first-order chi connectivity index (χ1) is 26.0. The van der Waals surface area contributed by atoms with Crippen molar-refractivity contribution in [1.29, 1.82) is 0 Å². The molecule has 0 radical (unpaired) electrons. The highest BCUT2D eigenvalue weighted by molar-refractivity contribution is 7.90. The number of benzene rings is 2. The minimum absolute atomic E-state index is 0.0443. The number of amides is 1. The van der Waals surface area contributed by atoms with Crippen LogP contribution in [0.5, 0.6) is 5.75 Å². The molecule has 1 aliphatic carbocycles. The van der Waals surface area contributed by atoms with Gasteiger partial charge < -0.3 is 28.6 Å². The number of carbonyl (C=O) groups excluding carboxylic acids is 3. The Morgan fingerprint density at radius 1 is 0.944 bits per heavy atom. The Morgan fingerprint density at radius 2 is 1.72 bits per heavy atom. The molecular weight excluding hydrogens is 736 g/mol. The molecule has 54 heavy (non-hydrogen) atoms. The summed E-state index contributed by atoms with van der Waals surface area (Å²) in [5.41, 5.74) is 2.10. The van der Waals surface area contributed by atoms with Crippen LogP contribution in [-0.2, 0) is 51.6 Å². The summed E-state index contributed by atoms with van der Waals surface area (Å²) >= 11 is 6.38. The number of hydrogen-bond acceptors (Lipinski definition) is 11. The van der Waals surface area contributed by atoms with E-state index in [0.29, 0.717) is 68.3 Å². The predicted octanol–water partition coefficient (Wildman–Crippen LogP) is 6.40. The Balaban J connectivity index is 1.55. The fraction of sp³-hybridized carbons (Fsp3) is 0.625. The Hall–Kier alpha value is -3.39. The average molecular weight is 791 g/mol. The van der Waals surface area contributed by atoms with E-state index in [-0.39, 0.29) is 50.4 Å². The monoisotopic (exact) mass is 790 g/mol. The molecule has 2 aromatic carbocycles. The Bertz CT molecular complexity index is 1720. The van der Waals surface area contributed by atoms with Crippen molar-refractivity contribution in [2.45, 2.75) is 102 Å². The van der Waals surface area contributed by atoms with Crippen LogP contribution < -0.4 is 14.4 Å². The van der Waals surface area contributed by atoms with Crippen LogP contribution in [0.4, 0.5) is 5.69 Å². The topological polar surface area (TPSA) is 147 Å². The van der Waals surface area contributed by atoms with E-state index in [2.05, 4.69) is 9.62 Å². The lowest BCUT2D eigenvalue weighted by molar-refractivity contribution is -0.189. The second-order valence-corrected chi connectivity index (χ2v) is 16.8. The first kappa shape index (κ1) is 41.8. The summed E-state index contributed by atoms with van der Waals surface area (Å²) in [4.78, 5) is 40.9. The number of anilines is 1. The molecule has 2 aliphatic heterocycles. The maximum Gasteiger partial charge on any atom is 0.332 e. The molecule has 0 spiro atoms. The van der Waals surface area contributed by atoms with Gasteiger partial charge in [-0.2, -0.15) is 0 Å². The van der Waals surface area contributed by atoms with Crippen molar-refractivity contribution in [1.82, 2.24) is 4.72 Å². The third-order valence-electron chi connectivity index (χ3n) is 10.9. The molecule has 1 fully saturated rings. The van der Waals surface area contributed by atoms with Crippen LogP contribution in [0.15, 0.2) is 36.4 Å². The average Bonchev–Trinajstić information content (AvgIpc) is 3.15. The van der Waals surface area contributed by atoms with Gasteiger partial charge in [0.25, 0.3) is 5.91 Å². The summed E-state index contributed by atoms with van der Waals surface area (Å²) < 4.78 is 59.0. The molecule has 1 N–H and O–H groups in total. The highest BCUT2D eigenvalue weighted by Gasteiger charge is 2.49. The maximum atomic E-state index is 13.6. The number of fused-ring (bicyclic) bond motifs is 3. The Morgan fingerprint density at radius 3 is 2.44 bits per heavy atom. The number of ether oxygens (including phenoxy) is 5. The molecule has 4 atom stereocenters. The quantitative estimate of drug-likeness (QED) is 0.267. The standard InChI is InChI=1S/C40H55ClN2O10S/c1-4-33-12-7-9-19-40(53-26-38(45)51-6-3,27-49-25-37(44)50-5-2)34-17-14-30(34)23-43-20-10-8-11-28-21-32(41)16-13-31(28)24-52-36-18-15-29(22-35(36)43)39(46)42-54(33,47)48/h13,15-16,18,21-22,30,33-34H,4-12,14,17,19-20,23-27H2,1-3H3,(H,42,46)/t30-,33+,34+,40+/m0/s1. The van der Waals surface area contributed by atoms with Crippen LogP contribution in [0.3, 0.4) is 0 Å². The van der Waals surface area contributed by atoms with Crippen LogP contribution in [0, 0.1) is 11.8 Å². The number of nitrogens with zero attached hydrogens (tertiary/aromatic N) is 1. The smallest absolute Gasteiger partial charge is 0.332 e. The van der Waals surface area contributed by atoms with E-state index in [1.807, 2.05) is 18.2 Å². The maximum absolute atomic E-state index is 13.6. The predicted molar refractivity (Wildman–Crippen MR) is 205 cm³/mol. The first-order valence-corrected chi connectivity index (χ1v) is 21.3. The van der Waals surface area contributed by atoms with Crippen molar-refractivity contribution in [2.24, 2.45) is 11.8 Å². The first-order valence-electron chi connectivity index (χ1n) is 19.4. The third-order valence-corrected chi connectivity index (χ3v) is 13.1. The lowest BCUT2D eigenvalue weighted by Crippen LogP contribution is -2.55. The van der Waals surface area contributed by atoms with E-state index < -0.39 is 38.7 Å². The molecule has 14 heteroatoms. The van der Waals surface area contributed by atoms with Gasteiger partial charge in [-0.3, -0.25) is 4.79 Å². The number of aryl methyl sites for hydroxylation is 1. The summed E-state index contributed by atoms with van der Waals surface area (Å²) in [6, 6.07) is 10.9. The second kappa shape index (κ2) is 19.5. The van der Waals surface area contributed by atoms with Gasteiger partial charge in [0.2, 0.25) is 10.0 Å². The fourth-order valence-electron chi connectivity index (χ4n) is 7.99. The highest BCUT2D eigenvalue weighted by Crippen LogP contribution is 2.48. The van der Waals surface area contributed by atoms with E-state index in [0.717, 1.165) is 43.2 Å². The van der Waals surface area contributed by atoms with Crippen LogP contribution in [-0.4, -0.2) is 83.2 Å².